The average molecular weight is 540 g/mol. The first-order valence-corrected chi connectivity index (χ1v) is 14.0. The highest BCUT2D eigenvalue weighted by Gasteiger charge is 2.32. The minimum Gasteiger partial charge on any atom is -0.354 e. The van der Waals surface area contributed by atoms with Crippen LogP contribution in [0, 0.1) is 12.7 Å². The molecule has 202 valence electrons. The molecule has 9 heteroatoms. The van der Waals surface area contributed by atoms with Crippen molar-refractivity contribution in [3.05, 3.63) is 95.8 Å². The number of halogens is 1. The fraction of sp³-hybridized carbons (Fsp3) is 0.310. The summed E-state index contributed by atoms with van der Waals surface area (Å²) in [5, 5.41) is 2.86. The summed E-state index contributed by atoms with van der Waals surface area (Å²) in [5.74, 6) is -1.41. The molecule has 0 fully saturated rings. The zero-order chi connectivity index (χ0) is 27.7. The molecule has 1 atom stereocenters. The molecule has 0 heterocycles. The van der Waals surface area contributed by atoms with Crippen LogP contribution in [-0.4, -0.2) is 44.3 Å². The number of carbonyl (C=O) groups is 2. The van der Waals surface area contributed by atoms with Gasteiger partial charge in [0.25, 0.3) is 10.0 Å². The van der Waals surface area contributed by atoms with E-state index in [0.717, 1.165) is 40.4 Å². The normalized spacial score (nSPS) is 12.0. The molecule has 0 spiro atoms. The van der Waals surface area contributed by atoms with Crippen molar-refractivity contribution in [3.8, 4) is 0 Å². The standard InChI is InChI=1S/C29H34FN3O4S/c1-4-5-18-31-29(35)23(3)32(20-24-11-9-10-22(2)19-24)28(34)21-33(26-16-14-25(30)15-17-26)38(36,37)27-12-7-6-8-13-27/h6-17,19,23H,4-5,18,20-21H2,1-3H3,(H,31,35)/t23-/m1/s1. The van der Waals surface area contributed by atoms with Crippen molar-refractivity contribution < 1.29 is 22.4 Å². The van der Waals surface area contributed by atoms with Crippen LogP contribution >= 0.6 is 0 Å². The van der Waals surface area contributed by atoms with Gasteiger partial charge in [-0.3, -0.25) is 13.9 Å². The van der Waals surface area contributed by atoms with Crippen molar-refractivity contribution in [2.24, 2.45) is 0 Å². The molecule has 3 aromatic rings. The van der Waals surface area contributed by atoms with Crippen LogP contribution in [0.4, 0.5) is 10.1 Å². The van der Waals surface area contributed by atoms with Gasteiger partial charge in [-0.05, 0) is 62.2 Å². The van der Waals surface area contributed by atoms with E-state index in [1.54, 1.807) is 25.1 Å². The second-order valence-corrected chi connectivity index (χ2v) is 11.0. The van der Waals surface area contributed by atoms with Crippen molar-refractivity contribution in [2.45, 2.75) is 51.1 Å². The molecular weight excluding hydrogens is 505 g/mol. The molecule has 3 aromatic carbocycles. The molecule has 0 saturated carbocycles. The lowest BCUT2D eigenvalue weighted by molar-refractivity contribution is -0.139. The predicted molar refractivity (Wildman–Crippen MR) is 146 cm³/mol. The Bertz CT molecular complexity index is 1330. The Labute approximate surface area is 224 Å². The number of aryl methyl sites for hydroxylation is 1. The topological polar surface area (TPSA) is 86.8 Å². The molecule has 0 saturated heterocycles. The number of hydrogen-bond acceptors (Lipinski definition) is 4. The summed E-state index contributed by atoms with van der Waals surface area (Å²) in [5.41, 5.74) is 1.94. The average Bonchev–Trinajstić information content (AvgIpc) is 2.91. The molecular formula is C29H34FN3O4S. The van der Waals surface area contributed by atoms with E-state index in [0.29, 0.717) is 6.54 Å². The van der Waals surface area contributed by atoms with Crippen molar-refractivity contribution >= 4 is 27.5 Å². The SMILES string of the molecule is CCCCNC(=O)[C@@H](C)N(Cc1cccc(C)c1)C(=O)CN(c1ccc(F)cc1)S(=O)(=O)c1ccccc1. The lowest BCUT2D eigenvalue weighted by Crippen LogP contribution is -2.51. The van der Waals surface area contributed by atoms with Crippen LogP contribution in [-0.2, 0) is 26.2 Å². The van der Waals surface area contributed by atoms with Crippen LogP contribution in [0.15, 0.2) is 83.8 Å². The third-order valence-corrected chi connectivity index (χ3v) is 7.95. The molecule has 38 heavy (non-hydrogen) atoms. The Morgan fingerprint density at radius 2 is 1.66 bits per heavy atom. The minimum atomic E-state index is -4.18. The third kappa shape index (κ3) is 7.41. The third-order valence-electron chi connectivity index (χ3n) is 6.16. The van der Waals surface area contributed by atoms with Crippen molar-refractivity contribution in [2.75, 3.05) is 17.4 Å². The zero-order valence-corrected chi connectivity index (χ0v) is 22.7. The number of carbonyl (C=O) groups excluding carboxylic acids is 2. The maximum atomic E-state index is 13.8. The monoisotopic (exact) mass is 539 g/mol. The van der Waals surface area contributed by atoms with E-state index in [-0.39, 0.29) is 23.0 Å². The molecule has 0 aliphatic heterocycles. The molecule has 0 aliphatic rings. The number of nitrogens with one attached hydrogen (secondary N) is 1. The Morgan fingerprint density at radius 1 is 0.974 bits per heavy atom. The van der Waals surface area contributed by atoms with Crippen LogP contribution < -0.4 is 9.62 Å². The van der Waals surface area contributed by atoms with Crippen LogP contribution in [0.1, 0.15) is 37.8 Å². The molecule has 2 amide bonds. The van der Waals surface area contributed by atoms with E-state index < -0.39 is 34.3 Å². The van der Waals surface area contributed by atoms with Gasteiger partial charge >= 0.3 is 0 Å². The number of rotatable bonds is 12. The molecule has 1 N–H and O–H groups in total. The van der Waals surface area contributed by atoms with E-state index in [4.69, 9.17) is 0 Å². The zero-order valence-electron chi connectivity index (χ0n) is 21.9. The molecule has 0 aromatic heterocycles. The summed E-state index contributed by atoms with van der Waals surface area (Å²) in [6.45, 7) is 5.60. The Hall–Kier alpha value is -3.72. The second-order valence-electron chi connectivity index (χ2n) is 9.13. The molecule has 0 bridgehead atoms. The summed E-state index contributed by atoms with van der Waals surface area (Å²) < 4.78 is 41.9. The minimum absolute atomic E-state index is 0.00674. The first-order valence-electron chi connectivity index (χ1n) is 12.6. The maximum absolute atomic E-state index is 13.8. The fourth-order valence-corrected chi connectivity index (χ4v) is 5.42. The van der Waals surface area contributed by atoms with Crippen molar-refractivity contribution in [1.82, 2.24) is 10.2 Å². The van der Waals surface area contributed by atoms with Gasteiger partial charge in [0.05, 0.1) is 10.6 Å². The van der Waals surface area contributed by atoms with E-state index >= 15 is 0 Å². The summed E-state index contributed by atoms with van der Waals surface area (Å²) in [6.07, 6.45) is 1.71. The number of anilines is 1. The van der Waals surface area contributed by atoms with Crippen LogP contribution in [0.25, 0.3) is 0 Å². The van der Waals surface area contributed by atoms with Gasteiger partial charge in [-0.25, -0.2) is 12.8 Å². The number of benzene rings is 3. The van der Waals surface area contributed by atoms with Crippen molar-refractivity contribution in [1.29, 1.82) is 0 Å². The molecule has 0 unspecified atom stereocenters. The van der Waals surface area contributed by atoms with E-state index in [1.807, 2.05) is 38.1 Å². The van der Waals surface area contributed by atoms with Gasteiger partial charge < -0.3 is 10.2 Å². The van der Waals surface area contributed by atoms with Gasteiger partial charge in [0.15, 0.2) is 0 Å². The summed E-state index contributed by atoms with van der Waals surface area (Å²) in [7, 11) is -4.18. The number of unbranched alkanes of at least 4 members (excludes halogenated alkanes) is 1. The molecule has 0 radical (unpaired) electrons. The molecule has 7 nitrogen and oxygen atoms in total. The van der Waals surface area contributed by atoms with E-state index in [9.17, 15) is 22.4 Å². The Kier molecular flexibility index (Phi) is 10.0. The maximum Gasteiger partial charge on any atom is 0.264 e. The summed E-state index contributed by atoms with van der Waals surface area (Å²) in [4.78, 5) is 28.1. The molecule has 0 aliphatic carbocycles. The van der Waals surface area contributed by atoms with E-state index in [1.165, 1.54) is 29.2 Å². The van der Waals surface area contributed by atoms with Gasteiger partial charge in [0.1, 0.15) is 18.4 Å². The fourth-order valence-electron chi connectivity index (χ4n) is 3.98. The number of amides is 2. The van der Waals surface area contributed by atoms with Gasteiger partial charge in [-0.15, -0.1) is 0 Å². The van der Waals surface area contributed by atoms with Crippen molar-refractivity contribution in [3.63, 3.8) is 0 Å². The highest BCUT2D eigenvalue weighted by atomic mass is 32.2. The lowest BCUT2D eigenvalue weighted by Gasteiger charge is -2.32. The van der Waals surface area contributed by atoms with E-state index in [2.05, 4.69) is 5.32 Å². The summed E-state index contributed by atoms with van der Waals surface area (Å²) >= 11 is 0. The van der Waals surface area contributed by atoms with Crippen LogP contribution in [0.3, 0.4) is 0 Å². The Balaban J connectivity index is 1.98. The number of hydrogen-bond donors (Lipinski definition) is 1. The molecule has 3 rings (SSSR count). The van der Waals surface area contributed by atoms with Gasteiger partial charge in [0.2, 0.25) is 11.8 Å². The summed E-state index contributed by atoms with van der Waals surface area (Å²) in [6, 6.07) is 19.4. The quantitative estimate of drug-likeness (QED) is 0.339. The Morgan fingerprint density at radius 3 is 2.29 bits per heavy atom. The lowest BCUT2D eigenvalue weighted by atomic mass is 10.1. The second kappa shape index (κ2) is 13.2. The largest absolute Gasteiger partial charge is 0.354 e. The first-order chi connectivity index (χ1) is 18.1. The highest BCUT2D eigenvalue weighted by molar-refractivity contribution is 7.92. The smallest absolute Gasteiger partial charge is 0.264 e. The van der Waals surface area contributed by atoms with Crippen LogP contribution in [0.2, 0.25) is 0 Å². The highest BCUT2D eigenvalue weighted by Crippen LogP contribution is 2.25. The van der Waals surface area contributed by atoms with Crippen LogP contribution in [0.5, 0.6) is 0 Å². The number of sulfonamides is 1. The predicted octanol–water partition coefficient (Wildman–Crippen LogP) is 4.66. The number of nitrogens with zero attached hydrogens (tertiary/aromatic N) is 2. The first kappa shape index (κ1) is 28.8. The van der Waals surface area contributed by atoms with Gasteiger partial charge in [0, 0.05) is 13.1 Å². The van der Waals surface area contributed by atoms with Gasteiger partial charge in [-0.1, -0.05) is 61.4 Å². The van der Waals surface area contributed by atoms with Gasteiger partial charge in [-0.2, -0.15) is 0 Å².